The summed E-state index contributed by atoms with van der Waals surface area (Å²) in [7, 11) is 0. The molecule has 1 rings (SSSR count). The summed E-state index contributed by atoms with van der Waals surface area (Å²) in [5, 5.41) is 40.0. The van der Waals surface area contributed by atoms with Crippen molar-refractivity contribution < 1.29 is 93.8 Å². The summed E-state index contributed by atoms with van der Waals surface area (Å²) in [5.74, 6) is -4.07. The van der Waals surface area contributed by atoms with Crippen molar-refractivity contribution in [2.75, 3.05) is 65.4 Å². The van der Waals surface area contributed by atoms with E-state index in [2.05, 4.69) is 5.32 Å². The van der Waals surface area contributed by atoms with Crippen LogP contribution < -0.4 is 10.2 Å². The molecular formula is C18H31EuN4O9. The molecule has 0 aromatic rings. The molecule has 0 bridgehead atoms. The Morgan fingerprint density at radius 3 is 1.44 bits per heavy atom. The molecule has 0 saturated carbocycles. The second kappa shape index (κ2) is 21.6. The second-order valence-corrected chi connectivity index (χ2v) is 6.50. The fourth-order valence-electron chi connectivity index (χ4n) is 2.41. The number of nitrogens with zero attached hydrogens (tertiary/aromatic N) is 4. The minimum atomic E-state index is -1.08. The molecule has 0 aliphatic carbocycles. The van der Waals surface area contributed by atoms with Crippen molar-refractivity contribution in [3.8, 4) is 0 Å². The van der Waals surface area contributed by atoms with E-state index in [4.69, 9.17) is 30.0 Å². The van der Waals surface area contributed by atoms with Crippen molar-refractivity contribution in [2.24, 2.45) is 0 Å². The van der Waals surface area contributed by atoms with Crippen LogP contribution in [0.1, 0.15) is 20.8 Å². The van der Waals surface area contributed by atoms with Crippen LogP contribution >= 0.6 is 0 Å². The van der Waals surface area contributed by atoms with Gasteiger partial charge < -0.3 is 40.2 Å². The molecule has 1 heterocycles. The van der Waals surface area contributed by atoms with Crippen LogP contribution in [0.4, 0.5) is 0 Å². The van der Waals surface area contributed by atoms with Crippen molar-refractivity contribution in [3.05, 3.63) is 5.32 Å². The second-order valence-electron chi connectivity index (χ2n) is 6.50. The Balaban J connectivity index is -0.000000803. The van der Waals surface area contributed by atoms with Gasteiger partial charge in [0.25, 0.3) is 0 Å². The number of amides is 1. The number of carboxylic acid groups (broad SMARTS) is 4. The van der Waals surface area contributed by atoms with Gasteiger partial charge in [0, 0.05) is 51.6 Å². The number of carboxylic acids is 4. The zero-order valence-corrected chi connectivity index (χ0v) is 20.9. The van der Waals surface area contributed by atoms with E-state index in [0.717, 1.165) is 13.8 Å². The van der Waals surface area contributed by atoms with Crippen LogP contribution in [0.25, 0.3) is 5.32 Å². The largest absolute Gasteiger partial charge is 3.00 e. The number of aliphatic carboxylic acids is 4. The Morgan fingerprint density at radius 1 is 0.719 bits per heavy atom. The standard InChI is InChI=1S/C14H25N4O5.2C2H4O2.Eu/c1-12(19)18-5-3-15-2-4-16(10-13(20)21)6-7-17(8-9-18)11-14(22)23;2*1-2(3)4;/h2-11H2,1H3,(H,20,21)(H,22,23);2*1H3,(H,3,4);/q-1;;;+3/p-2. The van der Waals surface area contributed by atoms with Crippen molar-refractivity contribution in [3.63, 3.8) is 0 Å². The van der Waals surface area contributed by atoms with E-state index < -0.39 is 23.9 Å². The maximum absolute atomic E-state index is 11.6. The topological polar surface area (TPSA) is 196 Å². The van der Waals surface area contributed by atoms with Gasteiger partial charge in [0.1, 0.15) is 0 Å². The quantitative estimate of drug-likeness (QED) is 0.326. The minimum Gasteiger partial charge on any atom is -0.660 e. The third kappa shape index (κ3) is 26.8. The first kappa shape index (κ1) is 35.4. The molecule has 0 radical (unpaired) electrons. The molecular weight excluding hydrogens is 568 g/mol. The van der Waals surface area contributed by atoms with Crippen LogP contribution in [0.5, 0.6) is 0 Å². The van der Waals surface area contributed by atoms with E-state index in [0.29, 0.717) is 52.4 Å². The maximum atomic E-state index is 11.6. The Morgan fingerprint density at radius 2 is 1.06 bits per heavy atom. The van der Waals surface area contributed by atoms with Gasteiger partial charge in [0.05, 0.1) is 13.1 Å². The van der Waals surface area contributed by atoms with Crippen LogP contribution in [0.2, 0.25) is 0 Å². The van der Waals surface area contributed by atoms with Crippen molar-refractivity contribution in [2.45, 2.75) is 20.8 Å². The summed E-state index contributed by atoms with van der Waals surface area (Å²) >= 11 is 0. The smallest absolute Gasteiger partial charge is 0.660 e. The number of hydrogen-bond acceptors (Lipinski definition) is 9. The first-order valence-corrected chi connectivity index (χ1v) is 9.47. The fourth-order valence-corrected chi connectivity index (χ4v) is 2.41. The predicted molar refractivity (Wildman–Crippen MR) is 105 cm³/mol. The van der Waals surface area contributed by atoms with Gasteiger partial charge >= 0.3 is 61.3 Å². The average Bonchev–Trinajstić information content (AvgIpc) is 2.57. The normalized spacial score (nSPS) is 15.7. The summed E-state index contributed by atoms with van der Waals surface area (Å²) < 4.78 is 0. The van der Waals surface area contributed by atoms with E-state index in [1.807, 2.05) is 0 Å². The number of rotatable bonds is 4. The van der Waals surface area contributed by atoms with Gasteiger partial charge in [-0.15, -0.1) is 13.1 Å². The molecule has 1 fully saturated rings. The molecule has 184 valence electrons. The summed E-state index contributed by atoms with van der Waals surface area (Å²) in [6.45, 7) is 6.99. The van der Waals surface area contributed by atoms with Gasteiger partial charge in [-0.25, -0.2) is 0 Å². The minimum absolute atomic E-state index is 0. The molecule has 32 heavy (non-hydrogen) atoms. The summed E-state index contributed by atoms with van der Waals surface area (Å²) in [6.07, 6.45) is 0. The van der Waals surface area contributed by atoms with Gasteiger partial charge in [0.15, 0.2) is 0 Å². The van der Waals surface area contributed by atoms with Crippen LogP contribution in [-0.2, 0) is 24.0 Å². The molecule has 14 heteroatoms. The Hall–Kier alpha value is -1.19. The maximum Gasteiger partial charge on any atom is 3.00 e. The SMILES string of the molecule is CC(=O)N1CC[N-]CCN(CC(=O)O)CCN(CC(=O)O)CC1.CC(=O)[O-].CC(=O)[O-].[Eu+3]. The zero-order valence-electron chi connectivity index (χ0n) is 18.5. The Bertz CT molecular complexity index is 573. The summed E-state index contributed by atoms with van der Waals surface area (Å²) in [4.78, 5) is 56.4. The molecule has 0 aromatic heterocycles. The van der Waals surface area contributed by atoms with Crippen molar-refractivity contribution >= 4 is 29.8 Å². The molecule has 0 atom stereocenters. The first-order chi connectivity index (χ1) is 14.3. The number of hydrogen-bond donors (Lipinski definition) is 2. The first-order valence-electron chi connectivity index (χ1n) is 9.47. The van der Waals surface area contributed by atoms with Crippen molar-refractivity contribution in [1.29, 1.82) is 0 Å². The van der Waals surface area contributed by atoms with Crippen LogP contribution in [0.3, 0.4) is 0 Å². The molecule has 2 N–H and O–H groups in total. The fraction of sp³-hybridized carbons (Fsp3) is 0.722. The van der Waals surface area contributed by atoms with Crippen LogP contribution in [-0.4, -0.2) is 120 Å². The molecule has 0 unspecified atom stereocenters. The third-order valence-corrected chi connectivity index (χ3v) is 3.68. The van der Waals surface area contributed by atoms with E-state index in [1.54, 1.807) is 14.7 Å². The van der Waals surface area contributed by atoms with Crippen LogP contribution in [0.15, 0.2) is 0 Å². The van der Waals surface area contributed by atoms with E-state index in [1.165, 1.54) is 6.92 Å². The van der Waals surface area contributed by atoms with Gasteiger partial charge in [-0.3, -0.25) is 24.2 Å². The number of carbonyl (C=O) groups is 5. The summed E-state index contributed by atoms with van der Waals surface area (Å²) in [6, 6.07) is 0. The average molecular weight is 599 g/mol. The zero-order chi connectivity index (χ0) is 24.4. The van der Waals surface area contributed by atoms with E-state index >= 15 is 0 Å². The number of carbonyl (C=O) groups excluding carboxylic acids is 3. The van der Waals surface area contributed by atoms with Gasteiger partial charge in [-0.2, -0.15) is 0 Å². The van der Waals surface area contributed by atoms with Gasteiger partial charge in [0.2, 0.25) is 5.91 Å². The molecule has 1 aliphatic rings. The monoisotopic (exact) mass is 600 g/mol. The van der Waals surface area contributed by atoms with E-state index in [9.17, 15) is 14.4 Å². The molecule has 13 nitrogen and oxygen atoms in total. The molecule has 1 saturated heterocycles. The Labute approximate surface area is 228 Å². The molecule has 0 aromatic carbocycles. The molecule has 0 spiro atoms. The Kier molecular flexibility index (Phi) is 24.0. The molecule has 1 amide bonds. The van der Waals surface area contributed by atoms with Gasteiger partial charge in [-0.05, 0) is 20.4 Å². The van der Waals surface area contributed by atoms with Crippen molar-refractivity contribution in [1.82, 2.24) is 14.7 Å². The van der Waals surface area contributed by atoms with Gasteiger partial charge in [-0.1, -0.05) is 0 Å². The predicted octanol–water partition coefficient (Wildman–Crippen LogP) is -3.49. The van der Waals surface area contributed by atoms with E-state index in [-0.39, 0.29) is 68.4 Å². The summed E-state index contributed by atoms with van der Waals surface area (Å²) in [5.41, 5.74) is 0. The third-order valence-electron chi connectivity index (χ3n) is 3.68. The molecule has 1 aliphatic heterocycles. The van der Waals surface area contributed by atoms with Crippen LogP contribution in [0, 0.1) is 49.4 Å².